The first-order valence-corrected chi connectivity index (χ1v) is 6.10. The summed E-state index contributed by atoms with van der Waals surface area (Å²) in [6.07, 6.45) is 1.42. The molecule has 100 valence electrons. The molecule has 0 radical (unpaired) electrons. The van der Waals surface area contributed by atoms with Crippen molar-refractivity contribution in [2.24, 2.45) is 0 Å². The van der Waals surface area contributed by atoms with Crippen LogP contribution in [0.1, 0.15) is 21.6 Å². The highest BCUT2D eigenvalue weighted by molar-refractivity contribution is 6.31. The van der Waals surface area contributed by atoms with E-state index in [0.29, 0.717) is 16.1 Å². The van der Waals surface area contributed by atoms with E-state index < -0.39 is 5.91 Å². The number of hydrogen-bond donors (Lipinski definition) is 2. The second-order valence-electron chi connectivity index (χ2n) is 3.97. The molecule has 6 heteroatoms. The van der Waals surface area contributed by atoms with Gasteiger partial charge in [0.1, 0.15) is 5.75 Å². The van der Waals surface area contributed by atoms with Crippen LogP contribution < -0.4 is 5.32 Å². The minimum atomic E-state index is -0.497. The molecule has 0 aliphatic heterocycles. The predicted molar refractivity (Wildman–Crippen MR) is 73.2 cm³/mol. The summed E-state index contributed by atoms with van der Waals surface area (Å²) in [6, 6.07) is 9.71. The lowest BCUT2D eigenvalue weighted by atomic mass is 10.1. The van der Waals surface area contributed by atoms with Crippen LogP contribution in [0.3, 0.4) is 0 Å². The first-order valence-electron chi connectivity index (χ1n) is 5.72. The SMILES string of the molecule is N#Cc1ccc(CNC(=O)c2ncccc2O)c(Cl)c1. The number of pyridine rings is 1. The lowest BCUT2D eigenvalue weighted by Gasteiger charge is -2.07. The molecule has 0 saturated heterocycles. The van der Waals surface area contributed by atoms with E-state index in [2.05, 4.69) is 10.3 Å². The number of aromatic hydroxyl groups is 1. The van der Waals surface area contributed by atoms with Crippen LogP contribution in [-0.2, 0) is 6.54 Å². The van der Waals surface area contributed by atoms with E-state index >= 15 is 0 Å². The number of aromatic nitrogens is 1. The predicted octanol–water partition coefficient (Wildman–Crippen LogP) is 2.24. The molecule has 20 heavy (non-hydrogen) atoms. The molecule has 2 aromatic rings. The van der Waals surface area contributed by atoms with Gasteiger partial charge in [0.2, 0.25) is 0 Å². The van der Waals surface area contributed by atoms with Crippen molar-refractivity contribution in [1.29, 1.82) is 5.26 Å². The summed E-state index contributed by atoms with van der Waals surface area (Å²) in [5.41, 5.74) is 1.08. The molecule has 1 heterocycles. The van der Waals surface area contributed by atoms with Crippen LogP contribution in [-0.4, -0.2) is 16.0 Å². The van der Waals surface area contributed by atoms with Gasteiger partial charge in [0, 0.05) is 17.8 Å². The lowest BCUT2D eigenvalue weighted by Crippen LogP contribution is -2.24. The molecule has 1 amide bonds. The van der Waals surface area contributed by atoms with E-state index in [1.165, 1.54) is 24.4 Å². The third kappa shape index (κ3) is 3.05. The van der Waals surface area contributed by atoms with Crippen molar-refractivity contribution in [2.45, 2.75) is 6.54 Å². The van der Waals surface area contributed by atoms with Crippen molar-refractivity contribution >= 4 is 17.5 Å². The van der Waals surface area contributed by atoms with Crippen LogP contribution in [0.15, 0.2) is 36.5 Å². The number of benzene rings is 1. The molecular weight excluding hydrogens is 278 g/mol. The number of halogens is 1. The summed E-state index contributed by atoms with van der Waals surface area (Å²) >= 11 is 6.00. The van der Waals surface area contributed by atoms with E-state index in [0.717, 1.165) is 0 Å². The highest BCUT2D eigenvalue weighted by Gasteiger charge is 2.12. The van der Waals surface area contributed by atoms with E-state index in [1.807, 2.05) is 6.07 Å². The highest BCUT2D eigenvalue weighted by atomic mass is 35.5. The molecule has 0 spiro atoms. The van der Waals surface area contributed by atoms with E-state index in [1.54, 1.807) is 12.1 Å². The van der Waals surface area contributed by atoms with Gasteiger partial charge in [0.05, 0.1) is 11.6 Å². The Morgan fingerprint density at radius 3 is 2.90 bits per heavy atom. The molecule has 2 rings (SSSR count). The molecule has 0 aliphatic carbocycles. The standard InChI is InChI=1S/C14H10ClN3O2/c15-11-6-9(7-16)3-4-10(11)8-18-14(20)13-12(19)2-1-5-17-13/h1-6,19H,8H2,(H,18,20). The summed E-state index contributed by atoms with van der Waals surface area (Å²) in [7, 11) is 0. The number of carbonyl (C=O) groups is 1. The van der Waals surface area contributed by atoms with Crippen molar-refractivity contribution in [1.82, 2.24) is 10.3 Å². The Hall–Kier alpha value is -2.58. The fourth-order valence-corrected chi connectivity index (χ4v) is 1.84. The average Bonchev–Trinajstić information content (AvgIpc) is 2.46. The van der Waals surface area contributed by atoms with E-state index in [4.69, 9.17) is 16.9 Å². The van der Waals surface area contributed by atoms with Crippen LogP contribution >= 0.6 is 11.6 Å². The lowest BCUT2D eigenvalue weighted by molar-refractivity contribution is 0.0943. The van der Waals surface area contributed by atoms with Crippen molar-refractivity contribution in [3.8, 4) is 11.8 Å². The average molecular weight is 288 g/mol. The first kappa shape index (κ1) is 13.8. The third-order valence-electron chi connectivity index (χ3n) is 2.62. The van der Waals surface area contributed by atoms with Gasteiger partial charge in [-0.25, -0.2) is 4.98 Å². The van der Waals surface area contributed by atoms with Gasteiger partial charge in [-0.1, -0.05) is 17.7 Å². The maximum Gasteiger partial charge on any atom is 0.274 e. The number of nitrogens with zero attached hydrogens (tertiary/aromatic N) is 2. The number of amides is 1. The molecular formula is C14H10ClN3O2. The quantitative estimate of drug-likeness (QED) is 0.906. The van der Waals surface area contributed by atoms with Crippen LogP contribution in [0.2, 0.25) is 5.02 Å². The van der Waals surface area contributed by atoms with Gasteiger partial charge in [-0.05, 0) is 29.8 Å². The van der Waals surface area contributed by atoms with Crippen molar-refractivity contribution < 1.29 is 9.90 Å². The van der Waals surface area contributed by atoms with Gasteiger partial charge in [0.25, 0.3) is 5.91 Å². The zero-order valence-corrected chi connectivity index (χ0v) is 11.1. The maximum atomic E-state index is 11.8. The Balaban J connectivity index is 2.08. The molecule has 0 bridgehead atoms. The Morgan fingerprint density at radius 1 is 1.45 bits per heavy atom. The fraction of sp³-hybridized carbons (Fsp3) is 0.0714. The molecule has 0 unspecified atom stereocenters. The molecule has 0 fully saturated rings. The van der Waals surface area contributed by atoms with Crippen LogP contribution in [0.5, 0.6) is 5.75 Å². The molecule has 2 N–H and O–H groups in total. The largest absolute Gasteiger partial charge is 0.505 e. The second-order valence-corrected chi connectivity index (χ2v) is 4.38. The maximum absolute atomic E-state index is 11.8. The van der Waals surface area contributed by atoms with Gasteiger partial charge in [-0.15, -0.1) is 0 Å². The first-order chi connectivity index (χ1) is 9.61. The van der Waals surface area contributed by atoms with Crippen LogP contribution in [0.4, 0.5) is 0 Å². The Bertz CT molecular complexity index is 695. The fourth-order valence-electron chi connectivity index (χ4n) is 1.59. The van der Waals surface area contributed by atoms with Gasteiger partial charge >= 0.3 is 0 Å². The minimum Gasteiger partial charge on any atom is -0.505 e. The van der Waals surface area contributed by atoms with Crippen molar-refractivity contribution in [3.63, 3.8) is 0 Å². The molecule has 0 saturated carbocycles. The van der Waals surface area contributed by atoms with Crippen LogP contribution in [0.25, 0.3) is 0 Å². The van der Waals surface area contributed by atoms with Gasteiger partial charge in [-0.2, -0.15) is 5.26 Å². The van der Waals surface area contributed by atoms with Crippen molar-refractivity contribution in [3.05, 3.63) is 58.4 Å². The summed E-state index contributed by atoms with van der Waals surface area (Å²) in [5, 5.41) is 21.3. The number of nitriles is 1. The summed E-state index contributed by atoms with van der Waals surface area (Å²) < 4.78 is 0. The summed E-state index contributed by atoms with van der Waals surface area (Å²) in [4.78, 5) is 15.6. The normalized spacial score (nSPS) is 9.80. The number of carbonyl (C=O) groups excluding carboxylic acids is 1. The third-order valence-corrected chi connectivity index (χ3v) is 2.97. The molecule has 0 aliphatic rings. The van der Waals surface area contributed by atoms with Crippen LogP contribution in [0, 0.1) is 11.3 Å². The van der Waals surface area contributed by atoms with Crippen molar-refractivity contribution in [2.75, 3.05) is 0 Å². The Morgan fingerprint density at radius 2 is 2.25 bits per heavy atom. The number of rotatable bonds is 3. The zero-order valence-electron chi connectivity index (χ0n) is 10.3. The topological polar surface area (TPSA) is 86.0 Å². The Labute approximate surface area is 120 Å². The molecule has 0 atom stereocenters. The van der Waals surface area contributed by atoms with E-state index in [-0.39, 0.29) is 18.0 Å². The number of hydrogen-bond acceptors (Lipinski definition) is 4. The Kier molecular flexibility index (Phi) is 4.18. The molecule has 1 aromatic carbocycles. The zero-order chi connectivity index (χ0) is 14.5. The van der Waals surface area contributed by atoms with Gasteiger partial charge < -0.3 is 10.4 Å². The summed E-state index contributed by atoms with van der Waals surface area (Å²) in [6.45, 7) is 0.180. The highest BCUT2D eigenvalue weighted by Crippen LogP contribution is 2.18. The minimum absolute atomic E-state index is 0.0442. The summed E-state index contributed by atoms with van der Waals surface area (Å²) in [5.74, 6) is -0.681. The van der Waals surface area contributed by atoms with E-state index in [9.17, 15) is 9.90 Å². The second kappa shape index (κ2) is 6.04. The smallest absolute Gasteiger partial charge is 0.274 e. The monoisotopic (exact) mass is 287 g/mol. The molecule has 5 nitrogen and oxygen atoms in total. The van der Waals surface area contributed by atoms with Gasteiger partial charge in [0.15, 0.2) is 5.69 Å². The van der Waals surface area contributed by atoms with Gasteiger partial charge in [-0.3, -0.25) is 4.79 Å². The molecule has 1 aromatic heterocycles. The number of nitrogens with one attached hydrogen (secondary N) is 1.